The number of anilines is 2. The average Bonchev–Trinajstić information content (AvgIpc) is 2.99. The second-order valence-corrected chi connectivity index (χ2v) is 7.35. The van der Waals surface area contributed by atoms with E-state index in [0.717, 1.165) is 25.9 Å². The molecule has 0 aliphatic carbocycles. The van der Waals surface area contributed by atoms with E-state index in [0.29, 0.717) is 23.6 Å². The SMILES string of the molecule is O=C(N=Cc1ccc(F)cc1)Nc1ccc2c(c1)C(=O)C(=O)N2CN1CCCCC1. The van der Waals surface area contributed by atoms with Crippen molar-refractivity contribution in [3.05, 3.63) is 59.4 Å². The van der Waals surface area contributed by atoms with Gasteiger partial charge in [0.1, 0.15) is 5.82 Å². The Bertz CT molecular complexity index is 1010. The lowest BCUT2D eigenvalue weighted by Gasteiger charge is -2.30. The summed E-state index contributed by atoms with van der Waals surface area (Å²) in [7, 11) is 0. The van der Waals surface area contributed by atoms with E-state index in [-0.39, 0.29) is 11.4 Å². The van der Waals surface area contributed by atoms with Crippen molar-refractivity contribution >= 4 is 35.3 Å². The fraction of sp³-hybridized carbons (Fsp3) is 0.273. The molecule has 0 aromatic heterocycles. The largest absolute Gasteiger partial charge is 0.345 e. The molecular weight excluding hydrogens is 387 g/mol. The van der Waals surface area contributed by atoms with Gasteiger partial charge < -0.3 is 5.32 Å². The van der Waals surface area contributed by atoms with Gasteiger partial charge >= 0.3 is 11.9 Å². The number of benzene rings is 2. The molecule has 0 radical (unpaired) electrons. The zero-order valence-corrected chi connectivity index (χ0v) is 16.3. The third kappa shape index (κ3) is 4.28. The number of ketones is 1. The molecule has 30 heavy (non-hydrogen) atoms. The molecule has 1 saturated heterocycles. The van der Waals surface area contributed by atoms with Crippen molar-refractivity contribution < 1.29 is 18.8 Å². The summed E-state index contributed by atoms with van der Waals surface area (Å²) >= 11 is 0. The van der Waals surface area contributed by atoms with Crippen LogP contribution in [0.1, 0.15) is 35.2 Å². The first-order chi connectivity index (χ1) is 14.5. The minimum atomic E-state index is -0.638. The molecule has 2 aromatic carbocycles. The van der Waals surface area contributed by atoms with Gasteiger partial charge in [0.2, 0.25) is 0 Å². The summed E-state index contributed by atoms with van der Waals surface area (Å²) in [5.74, 6) is -1.50. The molecule has 2 heterocycles. The van der Waals surface area contributed by atoms with E-state index in [1.54, 1.807) is 12.1 Å². The predicted octanol–water partition coefficient (Wildman–Crippen LogP) is 3.45. The Morgan fingerprint density at radius 2 is 1.80 bits per heavy atom. The first kappa shape index (κ1) is 19.9. The normalized spacial score (nSPS) is 16.9. The van der Waals surface area contributed by atoms with Crippen LogP contribution in [0, 0.1) is 5.82 Å². The quantitative estimate of drug-likeness (QED) is 0.621. The molecule has 2 aliphatic rings. The van der Waals surface area contributed by atoms with E-state index in [9.17, 15) is 18.8 Å². The van der Waals surface area contributed by atoms with E-state index in [1.165, 1.54) is 47.9 Å². The zero-order valence-electron chi connectivity index (χ0n) is 16.3. The number of nitrogens with zero attached hydrogens (tertiary/aromatic N) is 3. The number of hydrogen-bond acceptors (Lipinski definition) is 4. The van der Waals surface area contributed by atoms with Gasteiger partial charge in [0, 0.05) is 11.9 Å². The van der Waals surface area contributed by atoms with Crippen molar-refractivity contribution in [2.45, 2.75) is 19.3 Å². The number of carbonyl (C=O) groups is 3. The first-order valence-electron chi connectivity index (χ1n) is 9.84. The molecule has 1 fully saturated rings. The molecular formula is C22H21FN4O3. The van der Waals surface area contributed by atoms with Crippen molar-refractivity contribution in [3.8, 4) is 0 Å². The Balaban J connectivity index is 1.45. The van der Waals surface area contributed by atoms with E-state index in [1.807, 2.05) is 0 Å². The van der Waals surface area contributed by atoms with Gasteiger partial charge in [0.15, 0.2) is 0 Å². The molecule has 3 amide bonds. The number of rotatable bonds is 4. The highest BCUT2D eigenvalue weighted by molar-refractivity contribution is 6.52. The molecule has 0 bridgehead atoms. The number of fused-ring (bicyclic) bond motifs is 1. The van der Waals surface area contributed by atoms with Crippen molar-refractivity contribution in [1.82, 2.24) is 4.90 Å². The fourth-order valence-corrected chi connectivity index (χ4v) is 3.66. The van der Waals surface area contributed by atoms with Gasteiger partial charge in [-0.25, -0.2) is 14.2 Å². The molecule has 8 heteroatoms. The highest BCUT2D eigenvalue weighted by atomic mass is 19.1. The number of hydrogen-bond donors (Lipinski definition) is 1. The third-order valence-corrected chi connectivity index (χ3v) is 5.21. The van der Waals surface area contributed by atoms with Crippen molar-refractivity contribution in [2.24, 2.45) is 4.99 Å². The van der Waals surface area contributed by atoms with Gasteiger partial charge in [0.05, 0.1) is 17.9 Å². The van der Waals surface area contributed by atoms with E-state index < -0.39 is 17.7 Å². The maximum atomic E-state index is 12.9. The second kappa shape index (κ2) is 8.54. The first-order valence-corrected chi connectivity index (χ1v) is 9.84. The highest BCUT2D eigenvalue weighted by Crippen LogP contribution is 2.31. The molecule has 0 atom stereocenters. The number of Topliss-reactive ketones (excluding diaryl/α,β-unsaturated/α-hetero) is 1. The summed E-state index contributed by atoms with van der Waals surface area (Å²) in [6.07, 6.45) is 4.68. The number of amides is 3. The Hall–Kier alpha value is -3.39. The molecule has 7 nitrogen and oxygen atoms in total. The van der Waals surface area contributed by atoms with Crippen molar-refractivity contribution in [2.75, 3.05) is 30.0 Å². The summed E-state index contributed by atoms with van der Waals surface area (Å²) in [4.78, 5) is 44.4. The third-order valence-electron chi connectivity index (χ3n) is 5.21. The smallest absolute Gasteiger partial charge is 0.306 e. The summed E-state index contributed by atoms with van der Waals surface area (Å²) < 4.78 is 12.9. The molecule has 154 valence electrons. The molecule has 1 N–H and O–H groups in total. The summed E-state index contributed by atoms with van der Waals surface area (Å²) in [6.45, 7) is 2.21. The predicted molar refractivity (Wildman–Crippen MR) is 112 cm³/mol. The lowest BCUT2D eigenvalue weighted by atomic mass is 10.1. The highest BCUT2D eigenvalue weighted by Gasteiger charge is 2.37. The van der Waals surface area contributed by atoms with E-state index in [4.69, 9.17) is 0 Å². The number of aliphatic imine (C=N–C) groups is 1. The fourth-order valence-electron chi connectivity index (χ4n) is 3.66. The average molecular weight is 408 g/mol. The number of nitrogens with one attached hydrogen (secondary N) is 1. The van der Waals surface area contributed by atoms with Crippen LogP contribution in [0.5, 0.6) is 0 Å². The molecule has 2 aromatic rings. The summed E-state index contributed by atoms with van der Waals surface area (Å²) in [5, 5.41) is 2.58. The Labute approximate surface area is 173 Å². The van der Waals surface area contributed by atoms with Gasteiger partial charge in [-0.2, -0.15) is 0 Å². The molecule has 4 rings (SSSR count). The molecule has 0 spiro atoms. The standard InChI is InChI=1S/C22H21FN4O3/c23-16-6-4-15(5-7-16)13-24-22(30)25-17-8-9-19-18(12-17)20(28)21(29)27(19)14-26-10-2-1-3-11-26/h4-9,12-13H,1-3,10-11,14H2,(H,25,30). The minimum absolute atomic E-state index is 0.275. The van der Waals surface area contributed by atoms with Crippen LogP contribution in [0.2, 0.25) is 0 Å². The Morgan fingerprint density at radius 3 is 2.53 bits per heavy atom. The van der Waals surface area contributed by atoms with Crippen LogP contribution in [-0.2, 0) is 4.79 Å². The Morgan fingerprint density at radius 1 is 1.07 bits per heavy atom. The van der Waals surface area contributed by atoms with E-state index >= 15 is 0 Å². The molecule has 0 saturated carbocycles. The number of halogens is 1. The van der Waals surface area contributed by atoms with Crippen LogP contribution in [0.15, 0.2) is 47.5 Å². The lowest BCUT2D eigenvalue weighted by molar-refractivity contribution is -0.114. The van der Waals surface area contributed by atoms with Gasteiger partial charge in [-0.3, -0.25) is 19.4 Å². The number of urea groups is 1. The van der Waals surface area contributed by atoms with Crippen LogP contribution in [0.4, 0.5) is 20.6 Å². The zero-order chi connectivity index (χ0) is 21.1. The van der Waals surface area contributed by atoms with Gasteiger partial charge in [0.25, 0.3) is 5.78 Å². The topological polar surface area (TPSA) is 82.1 Å². The van der Waals surface area contributed by atoms with Crippen LogP contribution < -0.4 is 10.2 Å². The monoisotopic (exact) mass is 408 g/mol. The molecule has 0 unspecified atom stereocenters. The maximum Gasteiger partial charge on any atom is 0.345 e. The van der Waals surface area contributed by atoms with Crippen LogP contribution in [0.25, 0.3) is 0 Å². The van der Waals surface area contributed by atoms with Crippen LogP contribution in [-0.4, -0.2) is 48.6 Å². The lowest BCUT2D eigenvalue weighted by Crippen LogP contribution is -2.43. The van der Waals surface area contributed by atoms with E-state index in [2.05, 4.69) is 15.2 Å². The number of piperidine rings is 1. The van der Waals surface area contributed by atoms with Crippen LogP contribution in [0.3, 0.4) is 0 Å². The Kier molecular flexibility index (Phi) is 5.67. The molecule has 2 aliphatic heterocycles. The van der Waals surface area contributed by atoms with Crippen molar-refractivity contribution in [3.63, 3.8) is 0 Å². The summed E-state index contributed by atoms with van der Waals surface area (Å²) in [5.41, 5.74) is 1.78. The van der Waals surface area contributed by atoms with Gasteiger partial charge in [-0.05, 0) is 61.8 Å². The van der Waals surface area contributed by atoms with Gasteiger partial charge in [-0.1, -0.05) is 18.6 Å². The minimum Gasteiger partial charge on any atom is -0.306 e. The number of carbonyl (C=O) groups excluding carboxylic acids is 3. The summed E-state index contributed by atoms with van der Waals surface area (Å²) in [6, 6.07) is 9.72. The maximum absolute atomic E-state index is 12.9. The number of likely N-dealkylation sites (tertiary alicyclic amines) is 1. The van der Waals surface area contributed by atoms with Crippen LogP contribution >= 0.6 is 0 Å². The van der Waals surface area contributed by atoms with Crippen molar-refractivity contribution in [1.29, 1.82) is 0 Å². The second-order valence-electron chi connectivity index (χ2n) is 7.35. The van der Waals surface area contributed by atoms with Gasteiger partial charge in [-0.15, -0.1) is 0 Å².